The second-order valence-electron chi connectivity index (χ2n) is 11.7. The molecule has 3 heterocycles. The van der Waals surface area contributed by atoms with Crippen LogP contribution in [0.4, 0.5) is 0 Å². The lowest BCUT2D eigenvalue weighted by molar-refractivity contribution is 0.672. The monoisotopic (exact) mass is 575 g/mol. The molecule has 0 aliphatic rings. The number of benzene rings is 7. The van der Waals surface area contributed by atoms with E-state index in [2.05, 4.69) is 156 Å². The summed E-state index contributed by atoms with van der Waals surface area (Å²) in [6.07, 6.45) is 0. The van der Waals surface area contributed by atoms with Crippen LogP contribution in [-0.4, -0.2) is 4.57 Å². The van der Waals surface area contributed by atoms with Crippen LogP contribution in [0.2, 0.25) is 0 Å². The highest BCUT2D eigenvalue weighted by Crippen LogP contribution is 2.44. The Morgan fingerprint density at radius 2 is 1.13 bits per heavy atom. The summed E-state index contributed by atoms with van der Waals surface area (Å²) in [6.45, 7) is 0. The minimum atomic E-state index is 0.876. The maximum absolute atomic E-state index is 6.70. The molecule has 3 aromatic heterocycles. The Labute approximate surface area is 258 Å². The summed E-state index contributed by atoms with van der Waals surface area (Å²) >= 11 is 0. The standard InChI is InChI=1S/C42H25NO2/c1-2-12-28(13-3-1)43-36-19-9-8-17-33(36)42-40(43)34-23-22-27(25-38(34)45-42)29-14-6-7-16-31(29)32-18-10-20-37-39(32)35-24-21-26-11-4-5-15-30(26)41(35)44-37/h1-25H. The van der Waals surface area contributed by atoms with Gasteiger partial charge in [-0.05, 0) is 76.2 Å². The zero-order valence-electron chi connectivity index (χ0n) is 24.2. The minimum Gasteiger partial charge on any atom is -0.455 e. The Hall–Kier alpha value is -6.06. The van der Waals surface area contributed by atoms with Crippen LogP contribution in [0.25, 0.3) is 93.6 Å². The maximum atomic E-state index is 6.70. The SMILES string of the molecule is c1ccc(-n2c3ccccc3c3oc4cc(-c5ccccc5-c5cccc6oc7c8ccccc8ccc7c56)ccc4c32)cc1. The topological polar surface area (TPSA) is 31.2 Å². The third kappa shape index (κ3) is 3.46. The van der Waals surface area contributed by atoms with E-state index in [0.29, 0.717) is 0 Å². The fraction of sp³-hybridized carbons (Fsp3) is 0. The van der Waals surface area contributed by atoms with Gasteiger partial charge < -0.3 is 13.4 Å². The Kier molecular flexibility index (Phi) is 5.00. The van der Waals surface area contributed by atoms with Crippen LogP contribution in [0.3, 0.4) is 0 Å². The first kappa shape index (κ1) is 24.4. The zero-order chi connectivity index (χ0) is 29.5. The quantitative estimate of drug-likeness (QED) is 0.210. The van der Waals surface area contributed by atoms with E-state index in [-0.39, 0.29) is 0 Å². The first-order valence-electron chi connectivity index (χ1n) is 15.3. The number of fused-ring (bicyclic) bond motifs is 10. The Bertz CT molecular complexity index is 2760. The lowest BCUT2D eigenvalue weighted by Crippen LogP contribution is -1.92. The Balaban J connectivity index is 1.20. The number of hydrogen-bond acceptors (Lipinski definition) is 2. The van der Waals surface area contributed by atoms with Crippen molar-refractivity contribution in [1.82, 2.24) is 4.57 Å². The van der Waals surface area contributed by atoms with Gasteiger partial charge in [-0.3, -0.25) is 0 Å². The molecule has 0 aliphatic heterocycles. The van der Waals surface area contributed by atoms with Gasteiger partial charge in [0.1, 0.15) is 22.3 Å². The van der Waals surface area contributed by atoms with Crippen molar-refractivity contribution in [1.29, 1.82) is 0 Å². The zero-order valence-corrected chi connectivity index (χ0v) is 24.2. The first-order chi connectivity index (χ1) is 22.3. The van der Waals surface area contributed by atoms with Gasteiger partial charge in [-0.1, -0.05) is 103 Å². The van der Waals surface area contributed by atoms with Gasteiger partial charge >= 0.3 is 0 Å². The molecule has 0 bridgehead atoms. The van der Waals surface area contributed by atoms with Gasteiger partial charge in [-0.2, -0.15) is 0 Å². The molecule has 0 atom stereocenters. The molecule has 10 aromatic rings. The second-order valence-corrected chi connectivity index (χ2v) is 11.7. The molecule has 7 aromatic carbocycles. The molecule has 0 saturated carbocycles. The first-order valence-corrected chi connectivity index (χ1v) is 15.3. The number of rotatable bonds is 3. The highest BCUT2D eigenvalue weighted by atomic mass is 16.3. The van der Waals surface area contributed by atoms with Gasteiger partial charge in [-0.25, -0.2) is 0 Å². The van der Waals surface area contributed by atoms with Crippen molar-refractivity contribution in [2.75, 3.05) is 0 Å². The van der Waals surface area contributed by atoms with E-state index in [0.717, 1.165) is 88.2 Å². The van der Waals surface area contributed by atoms with E-state index in [4.69, 9.17) is 8.83 Å². The van der Waals surface area contributed by atoms with Gasteiger partial charge in [0.2, 0.25) is 0 Å². The smallest absolute Gasteiger partial charge is 0.161 e. The van der Waals surface area contributed by atoms with Crippen LogP contribution in [0.15, 0.2) is 160 Å². The normalized spacial score (nSPS) is 12.0. The number of hydrogen-bond donors (Lipinski definition) is 0. The van der Waals surface area contributed by atoms with E-state index in [1.807, 2.05) is 0 Å². The average Bonchev–Trinajstić information content (AvgIpc) is 3.77. The van der Waals surface area contributed by atoms with E-state index in [1.165, 1.54) is 5.39 Å². The summed E-state index contributed by atoms with van der Waals surface area (Å²) in [5.41, 5.74) is 11.6. The van der Waals surface area contributed by atoms with Crippen molar-refractivity contribution in [2.24, 2.45) is 0 Å². The van der Waals surface area contributed by atoms with E-state index in [1.54, 1.807) is 0 Å². The fourth-order valence-electron chi connectivity index (χ4n) is 7.23. The summed E-state index contributed by atoms with van der Waals surface area (Å²) in [5.74, 6) is 0. The molecule has 0 radical (unpaired) electrons. The third-order valence-corrected chi connectivity index (χ3v) is 9.21. The number of aromatic nitrogens is 1. The lowest BCUT2D eigenvalue weighted by atomic mass is 9.91. The van der Waals surface area contributed by atoms with E-state index < -0.39 is 0 Å². The van der Waals surface area contributed by atoms with Crippen molar-refractivity contribution >= 4 is 65.7 Å². The second kappa shape index (κ2) is 9.22. The molecule has 3 heteroatoms. The predicted octanol–water partition coefficient (Wildman–Crippen LogP) is 11.9. The summed E-state index contributed by atoms with van der Waals surface area (Å²) in [4.78, 5) is 0. The number of furan rings is 2. The molecule has 10 rings (SSSR count). The molecule has 0 unspecified atom stereocenters. The van der Waals surface area contributed by atoms with Crippen molar-refractivity contribution in [3.8, 4) is 27.9 Å². The molecule has 210 valence electrons. The maximum Gasteiger partial charge on any atom is 0.161 e. The molecular formula is C42H25NO2. The van der Waals surface area contributed by atoms with Crippen LogP contribution < -0.4 is 0 Å². The van der Waals surface area contributed by atoms with Crippen LogP contribution in [0.1, 0.15) is 0 Å². The summed E-state index contributed by atoms with van der Waals surface area (Å²) in [7, 11) is 0. The van der Waals surface area contributed by atoms with Gasteiger partial charge in [0.25, 0.3) is 0 Å². The van der Waals surface area contributed by atoms with Crippen molar-refractivity contribution < 1.29 is 8.83 Å². The molecule has 45 heavy (non-hydrogen) atoms. The van der Waals surface area contributed by atoms with E-state index in [9.17, 15) is 0 Å². The highest BCUT2D eigenvalue weighted by molar-refractivity contribution is 6.20. The third-order valence-electron chi connectivity index (χ3n) is 9.21. The summed E-state index contributed by atoms with van der Waals surface area (Å²) in [6, 6.07) is 53.5. The van der Waals surface area contributed by atoms with Crippen molar-refractivity contribution in [2.45, 2.75) is 0 Å². The van der Waals surface area contributed by atoms with Gasteiger partial charge in [0.05, 0.1) is 5.52 Å². The molecule has 0 amide bonds. The Morgan fingerprint density at radius 1 is 0.422 bits per heavy atom. The highest BCUT2D eigenvalue weighted by Gasteiger charge is 2.21. The fourth-order valence-corrected chi connectivity index (χ4v) is 7.23. The molecular weight excluding hydrogens is 550 g/mol. The number of para-hydroxylation sites is 2. The summed E-state index contributed by atoms with van der Waals surface area (Å²) < 4.78 is 15.5. The van der Waals surface area contributed by atoms with Crippen LogP contribution in [-0.2, 0) is 0 Å². The van der Waals surface area contributed by atoms with Crippen molar-refractivity contribution in [3.05, 3.63) is 152 Å². The molecule has 0 saturated heterocycles. The summed E-state index contributed by atoms with van der Waals surface area (Å²) in [5, 5.41) is 6.79. The minimum absolute atomic E-state index is 0.876. The predicted molar refractivity (Wildman–Crippen MR) is 186 cm³/mol. The van der Waals surface area contributed by atoms with Crippen LogP contribution in [0, 0.1) is 0 Å². The van der Waals surface area contributed by atoms with Gasteiger partial charge in [0, 0.05) is 32.6 Å². The van der Waals surface area contributed by atoms with Crippen LogP contribution in [0.5, 0.6) is 0 Å². The molecule has 0 spiro atoms. The Morgan fingerprint density at radius 3 is 2.04 bits per heavy atom. The number of nitrogens with zero attached hydrogens (tertiary/aromatic N) is 1. The lowest BCUT2D eigenvalue weighted by Gasteiger charge is -2.12. The van der Waals surface area contributed by atoms with Gasteiger partial charge in [0.15, 0.2) is 5.58 Å². The average molecular weight is 576 g/mol. The van der Waals surface area contributed by atoms with Crippen LogP contribution >= 0.6 is 0 Å². The molecule has 0 aliphatic carbocycles. The molecule has 0 N–H and O–H groups in total. The molecule has 3 nitrogen and oxygen atoms in total. The van der Waals surface area contributed by atoms with Crippen molar-refractivity contribution in [3.63, 3.8) is 0 Å². The van der Waals surface area contributed by atoms with Gasteiger partial charge in [-0.15, -0.1) is 0 Å². The van der Waals surface area contributed by atoms with E-state index >= 15 is 0 Å². The molecule has 0 fully saturated rings. The largest absolute Gasteiger partial charge is 0.455 e.